The quantitative estimate of drug-likeness (QED) is 0.875. The summed E-state index contributed by atoms with van der Waals surface area (Å²) in [6.07, 6.45) is 3.83. The van der Waals surface area contributed by atoms with E-state index in [-0.39, 0.29) is 18.0 Å². The molecule has 1 aliphatic rings. The normalized spacial score (nSPS) is 23.7. The molecule has 2 rings (SSSR count). The van der Waals surface area contributed by atoms with E-state index >= 15 is 0 Å². The van der Waals surface area contributed by atoms with Crippen LogP contribution in [-0.2, 0) is 0 Å². The monoisotopic (exact) mass is 330 g/mol. The zero-order valence-corrected chi connectivity index (χ0v) is 12.3. The van der Waals surface area contributed by atoms with Crippen molar-refractivity contribution < 1.29 is 4.79 Å². The van der Waals surface area contributed by atoms with E-state index in [0.717, 1.165) is 30.2 Å². The number of rotatable bonds is 2. The lowest BCUT2D eigenvalue weighted by Gasteiger charge is -2.26. The van der Waals surface area contributed by atoms with Crippen molar-refractivity contribution in [2.24, 2.45) is 5.73 Å². The highest BCUT2D eigenvalue weighted by Gasteiger charge is 2.21. The number of hydrogen-bond donors (Lipinski definition) is 2. The minimum atomic E-state index is -0.104. The molecule has 1 fully saturated rings. The number of carbonyl (C=O) groups excluding carboxylic acids is 1. The fourth-order valence-electron chi connectivity index (χ4n) is 2.20. The minimum Gasteiger partial charge on any atom is -0.349 e. The average Bonchev–Trinajstić information content (AvgIpc) is 2.32. The summed E-state index contributed by atoms with van der Waals surface area (Å²) < 4.78 is 0.868. The SMILES string of the molecule is NC1CCC(NC(=O)c2ccc(Br)cc2Cl)CC1. The summed E-state index contributed by atoms with van der Waals surface area (Å²) in [6, 6.07) is 5.78. The van der Waals surface area contributed by atoms with Crippen LogP contribution in [0.5, 0.6) is 0 Å². The van der Waals surface area contributed by atoms with Crippen molar-refractivity contribution in [3.63, 3.8) is 0 Å². The van der Waals surface area contributed by atoms with Gasteiger partial charge in [0.1, 0.15) is 0 Å². The number of carbonyl (C=O) groups is 1. The molecule has 1 aromatic carbocycles. The van der Waals surface area contributed by atoms with Gasteiger partial charge in [-0.25, -0.2) is 0 Å². The van der Waals surface area contributed by atoms with E-state index in [9.17, 15) is 4.79 Å². The lowest BCUT2D eigenvalue weighted by atomic mass is 9.91. The number of benzene rings is 1. The van der Waals surface area contributed by atoms with Gasteiger partial charge in [-0.05, 0) is 43.9 Å². The fraction of sp³-hybridized carbons (Fsp3) is 0.462. The molecule has 1 aliphatic carbocycles. The molecule has 1 saturated carbocycles. The summed E-state index contributed by atoms with van der Waals surface area (Å²) in [5, 5.41) is 3.49. The molecule has 0 radical (unpaired) electrons. The molecule has 3 nitrogen and oxygen atoms in total. The Bertz CT molecular complexity index is 445. The summed E-state index contributed by atoms with van der Waals surface area (Å²) in [7, 11) is 0. The van der Waals surface area contributed by atoms with Crippen LogP contribution in [0.3, 0.4) is 0 Å². The predicted molar refractivity (Wildman–Crippen MR) is 76.8 cm³/mol. The Morgan fingerprint density at radius 1 is 1.33 bits per heavy atom. The van der Waals surface area contributed by atoms with E-state index in [1.807, 2.05) is 6.07 Å². The van der Waals surface area contributed by atoms with Gasteiger partial charge in [0.2, 0.25) is 0 Å². The van der Waals surface area contributed by atoms with E-state index in [4.69, 9.17) is 17.3 Å². The number of hydrogen-bond acceptors (Lipinski definition) is 2. The minimum absolute atomic E-state index is 0.104. The standard InChI is InChI=1S/C13H16BrClN2O/c14-8-1-6-11(12(15)7-8)13(18)17-10-4-2-9(16)3-5-10/h1,6-7,9-10H,2-5,16H2,(H,17,18). The number of nitrogens with one attached hydrogen (secondary N) is 1. The highest BCUT2D eigenvalue weighted by atomic mass is 79.9. The molecule has 98 valence electrons. The first-order valence-corrected chi connectivity index (χ1v) is 7.25. The molecule has 0 unspecified atom stereocenters. The van der Waals surface area contributed by atoms with Crippen molar-refractivity contribution >= 4 is 33.4 Å². The van der Waals surface area contributed by atoms with Gasteiger partial charge in [0, 0.05) is 16.6 Å². The van der Waals surface area contributed by atoms with Crippen LogP contribution in [-0.4, -0.2) is 18.0 Å². The van der Waals surface area contributed by atoms with Crippen molar-refractivity contribution in [1.82, 2.24) is 5.32 Å². The third-order valence-electron chi connectivity index (χ3n) is 3.28. The Balaban J connectivity index is 1.99. The maximum Gasteiger partial charge on any atom is 0.253 e. The van der Waals surface area contributed by atoms with E-state index in [0.29, 0.717) is 10.6 Å². The maximum atomic E-state index is 12.1. The largest absolute Gasteiger partial charge is 0.349 e. The summed E-state index contributed by atoms with van der Waals surface area (Å²) in [5.74, 6) is -0.104. The summed E-state index contributed by atoms with van der Waals surface area (Å²) in [4.78, 5) is 12.1. The Hall–Kier alpha value is -0.580. The summed E-state index contributed by atoms with van der Waals surface area (Å²) in [6.45, 7) is 0. The average molecular weight is 332 g/mol. The lowest BCUT2D eigenvalue weighted by Crippen LogP contribution is -2.40. The first-order valence-electron chi connectivity index (χ1n) is 6.08. The second-order valence-electron chi connectivity index (χ2n) is 4.71. The molecule has 0 bridgehead atoms. The van der Waals surface area contributed by atoms with Crippen LogP contribution in [0.15, 0.2) is 22.7 Å². The smallest absolute Gasteiger partial charge is 0.253 e. The molecule has 0 aliphatic heterocycles. The Morgan fingerprint density at radius 3 is 2.61 bits per heavy atom. The van der Waals surface area contributed by atoms with Crippen molar-refractivity contribution in [2.75, 3.05) is 0 Å². The lowest BCUT2D eigenvalue weighted by molar-refractivity contribution is 0.0926. The first kappa shape index (κ1) is 13.8. The van der Waals surface area contributed by atoms with Gasteiger partial charge < -0.3 is 11.1 Å². The molecule has 0 aromatic heterocycles. The van der Waals surface area contributed by atoms with Gasteiger partial charge in [-0.3, -0.25) is 4.79 Å². The number of halogens is 2. The van der Waals surface area contributed by atoms with Crippen molar-refractivity contribution in [3.8, 4) is 0 Å². The van der Waals surface area contributed by atoms with Crippen LogP contribution in [0.1, 0.15) is 36.0 Å². The van der Waals surface area contributed by atoms with E-state index < -0.39 is 0 Å². The predicted octanol–water partition coefficient (Wildman–Crippen LogP) is 3.10. The van der Waals surface area contributed by atoms with Gasteiger partial charge in [-0.1, -0.05) is 27.5 Å². The Kier molecular flexibility index (Phi) is 4.65. The van der Waals surface area contributed by atoms with Crippen LogP contribution >= 0.6 is 27.5 Å². The van der Waals surface area contributed by atoms with Crippen LogP contribution in [0.2, 0.25) is 5.02 Å². The summed E-state index contributed by atoms with van der Waals surface area (Å²) >= 11 is 9.37. The second-order valence-corrected chi connectivity index (χ2v) is 6.03. The molecule has 3 N–H and O–H groups in total. The van der Waals surface area contributed by atoms with Crippen molar-refractivity contribution in [1.29, 1.82) is 0 Å². The number of nitrogens with two attached hydrogens (primary N) is 1. The molecule has 1 aromatic rings. The molecule has 0 atom stereocenters. The van der Waals surface area contributed by atoms with Crippen LogP contribution < -0.4 is 11.1 Å². The van der Waals surface area contributed by atoms with Crippen LogP contribution in [0.25, 0.3) is 0 Å². The van der Waals surface area contributed by atoms with Crippen molar-refractivity contribution in [2.45, 2.75) is 37.8 Å². The number of amides is 1. The molecular formula is C13H16BrClN2O. The molecule has 18 heavy (non-hydrogen) atoms. The third kappa shape index (κ3) is 3.46. The van der Waals surface area contributed by atoms with E-state index in [2.05, 4.69) is 21.2 Å². The molecular weight excluding hydrogens is 316 g/mol. The zero-order chi connectivity index (χ0) is 13.1. The Morgan fingerprint density at radius 2 is 2.00 bits per heavy atom. The van der Waals surface area contributed by atoms with Gasteiger partial charge in [-0.2, -0.15) is 0 Å². The van der Waals surface area contributed by atoms with Gasteiger partial charge in [0.15, 0.2) is 0 Å². The highest BCUT2D eigenvalue weighted by molar-refractivity contribution is 9.10. The zero-order valence-electron chi connectivity index (χ0n) is 9.96. The van der Waals surface area contributed by atoms with E-state index in [1.54, 1.807) is 12.1 Å². The van der Waals surface area contributed by atoms with Gasteiger partial charge in [0.05, 0.1) is 10.6 Å². The molecule has 0 spiro atoms. The topological polar surface area (TPSA) is 55.1 Å². The Labute approximate surface area is 120 Å². The molecule has 0 heterocycles. The third-order valence-corrected chi connectivity index (χ3v) is 4.09. The van der Waals surface area contributed by atoms with Crippen LogP contribution in [0.4, 0.5) is 0 Å². The maximum absolute atomic E-state index is 12.1. The van der Waals surface area contributed by atoms with Crippen LogP contribution in [0, 0.1) is 0 Å². The van der Waals surface area contributed by atoms with E-state index in [1.165, 1.54) is 0 Å². The summed E-state index contributed by atoms with van der Waals surface area (Å²) in [5.41, 5.74) is 6.36. The van der Waals surface area contributed by atoms with Gasteiger partial charge >= 0.3 is 0 Å². The molecule has 5 heteroatoms. The van der Waals surface area contributed by atoms with Gasteiger partial charge in [0.25, 0.3) is 5.91 Å². The highest BCUT2D eigenvalue weighted by Crippen LogP contribution is 2.22. The first-order chi connectivity index (χ1) is 8.56. The van der Waals surface area contributed by atoms with Crippen molar-refractivity contribution in [3.05, 3.63) is 33.3 Å². The second kappa shape index (κ2) is 6.04. The molecule has 1 amide bonds. The van der Waals surface area contributed by atoms with Gasteiger partial charge in [-0.15, -0.1) is 0 Å². The fourth-order valence-corrected chi connectivity index (χ4v) is 2.96. The molecule has 0 saturated heterocycles.